The lowest BCUT2D eigenvalue weighted by Crippen LogP contribution is -2.34. The molecular weight excluding hydrogens is 356 g/mol. The second-order valence-electron chi connectivity index (χ2n) is 5.80. The third-order valence-corrected chi connectivity index (χ3v) is 5.78. The van der Waals surface area contributed by atoms with E-state index in [0.29, 0.717) is 18.7 Å². The summed E-state index contributed by atoms with van der Waals surface area (Å²) in [7, 11) is -0.348. The molecule has 0 N–H and O–H groups in total. The predicted octanol–water partition coefficient (Wildman–Crippen LogP) is 1.75. The largest absolute Gasteiger partial charge is 0.449 e. The Hall–Kier alpha value is -2.19. The molecule has 1 amide bonds. The predicted molar refractivity (Wildman–Crippen MR) is 99.8 cm³/mol. The summed E-state index contributed by atoms with van der Waals surface area (Å²) >= 11 is 0. The molecule has 1 rings (SSSR count). The second kappa shape index (κ2) is 9.49. The maximum absolute atomic E-state index is 12.4. The lowest BCUT2D eigenvalue weighted by Gasteiger charge is -2.18. The molecule has 0 heterocycles. The zero-order valence-corrected chi connectivity index (χ0v) is 16.6. The molecule has 26 heavy (non-hydrogen) atoms. The van der Waals surface area contributed by atoms with Gasteiger partial charge in [0.15, 0.2) is 6.10 Å². The fraction of sp³-hybridized carbons (Fsp3) is 0.444. The second-order valence-corrected chi connectivity index (χ2v) is 7.74. The highest BCUT2D eigenvalue weighted by Gasteiger charge is 2.21. The van der Waals surface area contributed by atoms with Crippen LogP contribution in [0.15, 0.2) is 35.2 Å². The van der Waals surface area contributed by atoms with Crippen molar-refractivity contribution in [3.63, 3.8) is 0 Å². The Labute approximate surface area is 155 Å². The molecule has 1 atom stereocenters. The van der Waals surface area contributed by atoms with Gasteiger partial charge in [-0.25, -0.2) is 13.2 Å². The SMILES string of the molecule is CCN(CC)S(=O)(=O)c1ccc(/C=C/C(=O)O[C@H](C)C(=O)N(C)C)cc1. The number of esters is 1. The highest BCUT2D eigenvalue weighted by molar-refractivity contribution is 7.89. The van der Waals surface area contributed by atoms with Gasteiger partial charge in [0.2, 0.25) is 10.0 Å². The monoisotopic (exact) mass is 382 g/mol. The summed E-state index contributed by atoms with van der Waals surface area (Å²) in [4.78, 5) is 25.0. The smallest absolute Gasteiger partial charge is 0.331 e. The molecule has 0 fully saturated rings. The minimum atomic E-state index is -3.51. The zero-order chi connectivity index (χ0) is 19.9. The molecule has 0 aliphatic carbocycles. The van der Waals surface area contributed by atoms with E-state index < -0.39 is 22.1 Å². The van der Waals surface area contributed by atoms with Gasteiger partial charge < -0.3 is 9.64 Å². The average molecular weight is 382 g/mol. The summed E-state index contributed by atoms with van der Waals surface area (Å²) in [6, 6.07) is 6.21. The lowest BCUT2D eigenvalue weighted by atomic mass is 10.2. The van der Waals surface area contributed by atoms with Crippen molar-refractivity contribution >= 4 is 28.0 Å². The van der Waals surface area contributed by atoms with Crippen LogP contribution in [-0.4, -0.2) is 62.8 Å². The van der Waals surface area contributed by atoms with Crippen LogP contribution in [0.3, 0.4) is 0 Å². The Morgan fingerprint density at radius 1 is 1.12 bits per heavy atom. The fourth-order valence-corrected chi connectivity index (χ4v) is 3.71. The first-order chi connectivity index (χ1) is 12.1. The number of likely N-dealkylation sites (N-methyl/N-ethyl adjacent to an activating group) is 1. The van der Waals surface area contributed by atoms with Crippen LogP contribution in [0, 0.1) is 0 Å². The van der Waals surface area contributed by atoms with Crippen LogP contribution in [0.5, 0.6) is 0 Å². The van der Waals surface area contributed by atoms with Crippen molar-refractivity contribution < 1.29 is 22.7 Å². The van der Waals surface area contributed by atoms with Gasteiger partial charge in [-0.1, -0.05) is 26.0 Å². The van der Waals surface area contributed by atoms with Gasteiger partial charge in [-0.15, -0.1) is 0 Å². The molecule has 0 aromatic heterocycles. The van der Waals surface area contributed by atoms with Crippen molar-refractivity contribution in [2.24, 2.45) is 0 Å². The van der Waals surface area contributed by atoms with Gasteiger partial charge in [-0.3, -0.25) is 4.79 Å². The highest BCUT2D eigenvalue weighted by Crippen LogP contribution is 2.16. The Morgan fingerprint density at radius 3 is 2.12 bits per heavy atom. The van der Waals surface area contributed by atoms with Crippen LogP contribution in [0.2, 0.25) is 0 Å². The van der Waals surface area contributed by atoms with E-state index in [2.05, 4.69) is 0 Å². The van der Waals surface area contributed by atoms with Crippen molar-refractivity contribution in [3.8, 4) is 0 Å². The quantitative estimate of drug-likeness (QED) is 0.505. The molecular formula is C18H26N2O5S. The van der Waals surface area contributed by atoms with Crippen molar-refractivity contribution in [2.75, 3.05) is 27.2 Å². The Kier molecular flexibility index (Phi) is 7.98. The first-order valence-electron chi connectivity index (χ1n) is 8.33. The zero-order valence-electron chi connectivity index (χ0n) is 15.8. The third kappa shape index (κ3) is 5.67. The highest BCUT2D eigenvalue weighted by atomic mass is 32.2. The molecule has 0 saturated carbocycles. The Bertz CT molecular complexity index is 750. The van der Waals surface area contributed by atoms with Crippen LogP contribution >= 0.6 is 0 Å². The molecule has 144 valence electrons. The average Bonchev–Trinajstić information content (AvgIpc) is 2.60. The number of hydrogen-bond acceptors (Lipinski definition) is 5. The van der Waals surface area contributed by atoms with Crippen LogP contribution < -0.4 is 0 Å². The summed E-state index contributed by atoms with van der Waals surface area (Å²) < 4.78 is 31.2. The van der Waals surface area contributed by atoms with Crippen molar-refractivity contribution in [1.29, 1.82) is 0 Å². The molecule has 1 aromatic carbocycles. The van der Waals surface area contributed by atoms with Crippen LogP contribution in [0.4, 0.5) is 0 Å². The normalized spacial score (nSPS) is 13.0. The lowest BCUT2D eigenvalue weighted by molar-refractivity contribution is -0.153. The van der Waals surface area contributed by atoms with Gasteiger partial charge in [0.1, 0.15) is 0 Å². The molecule has 0 radical (unpaired) electrons. The van der Waals surface area contributed by atoms with Crippen molar-refractivity contribution in [3.05, 3.63) is 35.9 Å². The standard InChI is InChI=1S/C18H26N2O5S/c1-6-20(7-2)26(23,24)16-11-8-15(9-12-16)10-13-17(21)25-14(3)18(22)19(4)5/h8-14H,6-7H2,1-5H3/b13-10+/t14-/m1/s1. The first-order valence-corrected chi connectivity index (χ1v) is 9.77. The first kappa shape index (κ1) is 21.9. The number of ether oxygens (including phenoxy) is 1. The van der Waals surface area contributed by atoms with E-state index in [4.69, 9.17) is 4.74 Å². The molecule has 0 aliphatic heterocycles. The van der Waals surface area contributed by atoms with Crippen molar-refractivity contribution in [1.82, 2.24) is 9.21 Å². The van der Waals surface area contributed by atoms with E-state index in [-0.39, 0.29) is 10.8 Å². The van der Waals surface area contributed by atoms with Gasteiger partial charge in [0, 0.05) is 33.3 Å². The van der Waals surface area contributed by atoms with Crippen LogP contribution in [0.25, 0.3) is 6.08 Å². The topological polar surface area (TPSA) is 84.0 Å². The Morgan fingerprint density at radius 2 is 1.65 bits per heavy atom. The number of carbonyl (C=O) groups is 2. The summed E-state index contributed by atoms with van der Waals surface area (Å²) in [5.74, 6) is -0.953. The van der Waals surface area contributed by atoms with E-state index in [1.165, 1.54) is 40.4 Å². The Balaban J connectivity index is 2.80. The number of nitrogens with zero attached hydrogens (tertiary/aromatic N) is 2. The van der Waals surface area contributed by atoms with E-state index in [1.54, 1.807) is 40.1 Å². The number of benzene rings is 1. The van der Waals surface area contributed by atoms with Gasteiger partial charge in [0.25, 0.3) is 5.91 Å². The summed E-state index contributed by atoms with van der Waals surface area (Å²) in [5, 5.41) is 0. The molecule has 0 spiro atoms. The summed E-state index contributed by atoms with van der Waals surface area (Å²) in [6.45, 7) is 5.87. The van der Waals surface area contributed by atoms with E-state index in [0.717, 1.165) is 0 Å². The number of hydrogen-bond donors (Lipinski definition) is 0. The molecule has 1 aromatic rings. The fourth-order valence-electron chi connectivity index (χ4n) is 2.26. The molecule has 0 saturated heterocycles. The number of carbonyl (C=O) groups excluding carboxylic acids is 2. The van der Waals surface area contributed by atoms with E-state index in [9.17, 15) is 18.0 Å². The van der Waals surface area contributed by atoms with Crippen molar-refractivity contribution in [2.45, 2.75) is 31.8 Å². The van der Waals surface area contributed by atoms with Gasteiger partial charge >= 0.3 is 5.97 Å². The molecule has 0 aliphatic rings. The molecule has 7 nitrogen and oxygen atoms in total. The number of sulfonamides is 1. The minimum Gasteiger partial charge on any atom is -0.449 e. The van der Waals surface area contributed by atoms with Crippen LogP contribution in [-0.2, 0) is 24.3 Å². The van der Waals surface area contributed by atoms with Crippen LogP contribution in [0.1, 0.15) is 26.3 Å². The van der Waals surface area contributed by atoms with Gasteiger partial charge in [-0.05, 0) is 30.7 Å². The third-order valence-electron chi connectivity index (χ3n) is 3.72. The summed E-state index contributed by atoms with van der Waals surface area (Å²) in [6.07, 6.45) is 1.83. The summed E-state index contributed by atoms with van der Waals surface area (Å²) in [5.41, 5.74) is 0.645. The maximum atomic E-state index is 12.4. The minimum absolute atomic E-state index is 0.200. The number of amides is 1. The van der Waals surface area contributed by atoms with E-state index in [1.807, 2.05) is 0 Å². The maximum Gasteiger partial charge on any atom is 0.331 e. The molecule has 8 heteroatoms. The van der Waals surface area contributed by atoms with Gasteiger partial charge in [0.05, 0.1) is 4.90 Å². The van der Waals surface area contributed by atoms with E-state index >= 15 is 0 Å². The number of rotatable bonds is 8. The molecule has 0 unspecified atom stereocenters. The van der Waals surface area contributed by atoms with Gasteiger partial charge in [-0.2, -0.15) is 4.31 Å². The molecule has 0 bridgehead atoms.